The predicted molar refractivity (Wildman–Crippen MR) is 61.8 cm³/mol. The molecule has 0 radical (unpaired) electrons. The number of nitrogens with zero attached hydrogens (tertiary/aromatic N) is 2. The van der Waals surface area contributed by atoms with E-state index < -0.39 is 5.92 Å². The average Bonchev–Trinajstić information content (AvgIpc) is 2.64. The van der Waals surface area contributed by atoms with Gasteiger partial charge >= 0.3 is 0 Å². The number of halogens is 2. The summed E-state index contributed by atoms with van der Waals surface area (Å²) in [5.74, 6) is -2.15. The van der Waals surface area contributed by atoms with Crippen molar-refractivity contribution in [3.63, 3.8) is 0 Å². The van der Waals surface area contributed by atoms with Crippen molar-refractivity contribution in [1.29, 1.82) is 0 Å². The molecule has 1 aliphatic rings. The van der Waals surface area contributed by atoms with E-state index in [9.17, 15) is 8.78 Å². The number of fused-ring (bicyclic) bond motifs is 1. The first-order chi connectivity index (χ1) is 8.53. The number of nitrogens with one attached hydrogen (secondary N) is 1. The number of hydrogen-bond acceptors (Lipinski definition) is 3. The zero-order valence-corrected chi connectivity index (χ0v) is 9.91. The van der Waals surface area contributed by atoms with Crippen molar-refractivity contribution in [2.24, 2.45) is 5.92 Å². The van der Waals surface area contributed by atoms with Crippen molar-refractivity contribution in [3.05, 3.63) is 18.1 Å². The van der Waals surface area contributed by atoms with Crippen molar-refractivity contribution < 1.29 is 13.5 Å². The Balaban J connectivity index is 1.71. The molecule has 2 aromatic rings. The number of H-pyrrole nitrogens is 1. The van der Waals surface area contributed by atoms with Crippen LogP contribution in [0.1, 0.15) is 18.5 Å². The highest BCUT2D eigenvalue weighted by atomic mass is 19.3. The van der Waals surface area contributed by atoms with Gasteiger partial charge in [0.1, 0.15) is 11.8 Å². The highest BCUT2D eigenvalue weighted by Crippen LogP contribution is 2.42. The number of aromatic amines is 1. The van der Waals surface area contributed by atoms with Crippen LogP contribution in [-0.2, 0) is 0 Å². The summed E-state index contributed by atoms with van der Waals surface area (Å²) in [5, 5.41) is 0. The zero-order valence-electron chi connectivity index (χ0n) is 9.91. The van der Waals surface area contributed by atoms with E-state index in [-0.39, 0.29) is 25.4 Å². The van der Waals surface area contributed by atoms with Gasteiger partial charge in [0.25, 0.3) is 0 Å². The molecule has 0 spiro atoms. The first kappa shape index (κ1) is 11.4. The fraction of sp³-hybridized carbons (Fsp3) is 0.500. The third-order valence-electron chi connectivity index (χ3n) is 3.15. The lowest BCUT2D eigenvalue weighted by molar-refractivity contribution is -0.119. The van der Waals surface area contributed by atoms with Crippen LogP contribution in [0.2, 0.25) is 0 Å². The molecule has 2 heterocycles. The van der Waals surface area contributed by atoms with Crippen molar-refractivity contribution in [2.45, 2.75) is 25.7 Å². The second-order valence-electron chi connectivity index (χ2n) is 4.83. The van der Waals surface area contributed by atoms with Gasteiger partial charge in [-0.15, -0.1) is 0 Å². The molecule has 18 heavy (non-hydrogen) atoms. The molecule has 1 N–H and O–H groups in total. The summed E-state index contributed by atoms with van der Waals surface area (Å²) in [6.07, 6.45) is 1.23. The first-order valence-corrected chi connectivity index (χ1v) is 5.84. The number of aryl methyl sites for hydroxylation is 1. The van der Waals surface area contributed by atoms with E-state index in [0.717, 1.165) is 16.7 Å². The molecule has 0 unspecified atom stereocenters. The molecular formula is C12H13F2N3O. The Kier molecular flexibility index (Phi) is 2.46. The predicted octanol–water partition coefficient (Wildman–Crippen LogP) is 2.69. The summed E-state index contributed by atoms with van der Waals surface area (Å²) in [5.41, 5.74) is 2.46. The van der Waals surface area contributed by atoms with Gasteiger partial charge in [-0.25, -0.2) is 13.8 Å². The van der Waals surface area contributed by atoms with E-state index >= 15 is 0 Å². The molecule has 0 aliphatic heterocycles. The molecule has 96 valence electrons. The van der Waals surface area contributed by atoms with Crippen LogP contribution in [0.5, 0.6) is 5.88 Å². The number of alkyl halides is 2. The topological polar surface area (TPSA) is 50.8 Å². The normalized spacial score (nSPS) is 18.8. The van der Waals surface area contributed by atoms with Gasteiger partial charge in [0, 0.05) is 24.5 Å². The molecule has 0 bridgehead atoms. The standard InChI is InChI=1S/C12H13F2N3O/c1-7-2-9-10(17-7)11(16-6-15-9)18-5-8-3-12(13,14)4-8/h2,6,8,17H,3-5H2,1H3. The van der Waals surface area contributed by atoms with Crippen LogP contribution >= 0.6 is 0 Å². The van der Waals surface area contributed by atoms with Crippen molar-refractivity contribution >= 4 is 11.0 Å². The van der Waals surface area contributed by atoms with E-state index in [0.29, 0.717) is 5.88 Å². The summed E-state index contributed by atoms with van der Waals surface area (Å²) in [6, 6.07) is 1.89. The molecule has 1 aliphatic carbocycles. The van der Waals surface area contributed by atoms with Gasteiger partial charge in [0.15, 0.2) is 0 Å². The lowest BCUT2D eigenvalue weighted by Gasteiger charge is -2.34. The number of ether oxygens (including phenoxy) is 1. The van der Waals surface area contributed by atoms with Crippen LogP contribution in [0.15, 0.2) is 12.4 Å². The fourth-order valence-electron chi connectivity index (χ4n) is 2.26. The lowest BCUT2D eigenvalue weighted by atomic mass is 9.82. The van der Waals surface area contributed by atoms with Crippen LogP contribution in [-0.4, -0.2) is 27.5 Å². The van der Waals surface area contributed by atoms with Gasteiger partial charge in [-0.05, 0) is 13.0 Å². The molecule has 6 heteroatoms. The Bertz CT molecular complexity index is 574. The van der Waals surface area contributed by atoms with E-state index in [1.807, 2.05) is 13.0 Å². The molecule has 2 aromatic heterocycles. The summed E-state index contributed by atoms with van der Waals surface area (Å²) in [4.78, 5) is 11.2. The van der Waals surface area contributed by atoms with E-state index in [2.05, 4.69) is 15.0 Å². The highest BCUT2D eigenvalue weighted by molar-refractivity contribution is 5.80. The monoisotopic (exact) mass is 253 g/mol. The molecule has 1 fully saturated rings. The Morgan fingerprint density at radius 2 is 2.22 bits per heavy atom. The SMILES string of the molecule is Cc1cc2ncnc(OCC3CC(F)(F)C3)c2[nH]1. The van der Waals surface area contributed by atoms with Crippen LogP contribution in [0.25, 0.3) is 11.0 Å². The smallest absolute Gasteiger partial charge is 0.248 e. The van der Waals surface area contributed by atoms with Gasteiger partial charge in [0.05, 0.1) is 12.1 Å². The maximum Gasteiger partial charge on any atom is 0.248 e. The Hall–Kier alpha value is -1.72. The molecule has 3 rings (SSSR count). The first-order valence-electron chi connectivity index (χ1n) is 5.84. The van der Waals surface area contributed by atoms with Gasteiger partial charge in [-0.3, -0.25) is 0 Å². The Morgan fingerprint density at radius 3 is 2.94 bits per heavy atom. The second-order valence-corrected chi connectivity index (χ2v) is 4.83. The summed E-state index contributed by atoms with van der Waals surface area (Å²) >= 11 is 0. The highest BCUT2D eigenvalue weighted by Gasteiger charge is 2.45. The fourth-order valence-corrected chi connectivity index (χ4v) is 2.26. The second kappa shape index (κ2) is 3.90. The zero-order chi connectivity index (χ0) is 12.8. The third kappa shape index (κ3) is 2.02. The average molecular weight is 253 g/mol. The van der Waals surface area contributed by atoms with Crippen LogP contribution in [0.4, 0.5) is 8.78 Å². The molecule has 4 nitrogen and oxygen atoms in total. The minimum absolute atomic E-state index is 0.0823. The minimum atomic E-state index is -2.50. The Morgan fingerprint density at radius 1 is 1.44 bits per heavy atom. The summed E-state index contributed by atoms with van der Waals surface area (Å²) in [7, 11) is 0. The van der Waals surface area contributed by atoms with Crippen molar-refractivity contribution in [1.82, 2.24) is 15.0 Å². The third-order valence-corrected chi connectivity index (χ3v) is 3.15. The molecule has 0 amide bonds. The summed E-state index contributed by atoms with van der Waals surface area (Å²) < 4.78 is 30.9. The molecule has 1 saturated carbocycles. The van der Waals surface area contributed by atoms with E-state index in [4.69, 9.17) is 4.74 Å². The van der Waals surface area contributed by atoms with Crippen LogP contribution in [0, 0.1) is 12.8 Å². The maximum atomic E-state index is 12.7. The molecule has 0 atom stereocenters. The molecule has 0 saturated heterocycles. The van der Waals surface area contributed by atoms with Crippen LogP contribution in [0.3, 0.4) is 0 Å². The molecule has 0 aromatic carbocycles. The summed E-state index contributed by atoms with van der Waals surface area (Å²) in [6.45, 7) is 2.19. The van der Waals surface area contributed by atoms with Gasteiger partial charge < -0.3 is 9.72 Å². The van der Waals surface area contributed by atoms with E-state index in [1.54, 1.807) is 0 Å². The lowest BCUT2D eigenvalue weighted by Crippen LogP contribution is -2.38. The van der Waals surface area contributed by atoms with Gasteiger partial charge in [-0.1, -0.05) is 0 Å². The van der Waals surface area contributed by atoms with Gasteiger partial charge in [0.2, 0.25) is 11.8 Å². The Labute approximate surface area is 102 Å². The maximum absolute atomic E-state index is 12.7. The number of rotatable bonds is 3. The molecular weight excluding hydrogens is 240 g/mol. The number of aromatic nitrogens is 3. The number of hydrogen-bond donors (Lipinski definition) is 1. The minimum Gasteiger partial charge on any atom is -0.476 e. The largest absolute Gasteiger partial charge is 0.476 e. The van der Waals surface area contributed by atoms with Crippen molar-refractivity contribution in [3.8, 4) is 5.88 Å². The quantitative estimate of drug-likeness (QED) is 0.914. The van der Waals surface area contributed by atoms with Crippen LogP contribution < -0.4 is 4.74 Å². The van der Waals surface area contributed by atoms with Crippen molar-refractivity contribution in [2.75, 3.05) is 6.61 Å². The van der Waals surface area contributed by atoms with Gasteiger partial charge in [-0.2, -0.15) is 4.98 Å². The van der Waals surface area contributed by atoms with E-state index in [1.165, 1.54) is 6.33 Å².